The monoisotopic (exact) mass is 924 g/mol. The van der Waals surface area contributed by atoms with Gasteiger partial charge in [-0.3, -0.25) is 0 Å². The van der Waals surface area contributed by atoms with Gasteiger partial charge in [-0.05, 0) is 16.5 Å². The number of hydrogen-bond acceptors (Lipinski definition) is 5. The van der Waals surface area contributed by atoms with Crippen LogP contribution in [-0.2, 0) is 10.8 Å². The van der Waals surface area contributed by atoms with E-state index in [0.717, 1.165) is 28.7 Å². The first-order valence-corrected chi connectivity index (χ1v) is 23.7. The zero-order valence-corrected chi connectivity index (χ0v) is 38.5. The van der Waals surface area contributed by atoms with Crippen molar-refractivity contribution in [1.29, 1.82) is 0 Å². The molecule has 8 aromatic rings. The average molecular weight is 923 g/mol. The van der Waals surface area contributed by atoms with E-state index in [2.05, 4.69) is 232 Å². The molecule has 2 aliphatic heterocycles. The van der Waals surface area contributed by atoms with Crippen molar-refractivity contribution in [3.05, 3.63) is 193 Å². The third kappa shape index (κ3) is 7.53. The number of hydrogen-bond donors (Lipinski definition) is 0. The molecule has 1 aromatic heterocycles. The van der Waals surface area contributed by atoms with Gasteiger partial charge >= 0.3 is 245 Å². The van der Waals surface area contributed by atoms with Gasteiger partial charge in [0.25, 0.3) is 0 Å². The Labute approximate surface area is 376 Å². The zero-order chi connectivity index (χ0) is 42.6. The number of rotatable bonds is 7. The van der Waals surface area contributed by atoms with Crippen molar-refractivity contribution in [2.24, 2.45) is 0 Å². The molecule has 3 heterocycles. The number of para-hydroxylation sites is 2. The van der Waals surface area contributed by atoms with E-state index < -0.39 is 20.9 Å². The van der Waals surface area contributed by atoms with Crippen LogP contribution in [0.4, 0.5) is 39.9 Å². The standard InChI is InChI=1S/C56H50N4OTe/c1-55(2,3)40-27-29-47-49(33-40)58(37-59(47)54-45(38-17-9-7-10-18-38)23-16-24-46(54)39-19-11-8-12-20-39)42-21-15-22-43(35-42)61-44-28-30-52-50(36-44)60(48-25-13-14-26-51(48)62-52)53-34-41(31-32-57-53)56(4,5)6/h7-36H,37H2,1-6H3. The third-order valence-electron chi connectivity index (χ3n) is 11.9. The van der Waals surface area contributed by atoms with E-state index in [1.54, 1.807) is 0 Å². The first-order chi connectivity index (χ1) is 30.0. The second kappa shape index (κ2) is 15.9. The molecule has 5 nitrogen and oxygen atoms in total. The van der Waals surface area contributed by atoms with Crippen molar-refractivity contribution >= 4 is 68.1 Å². The predicted molar refractivity (Wildman–Crippen MR) is 261 cm³/mol. The summed E-state index contributed by atoms with van der Waals surface area (Å²) in [7, 11) is 0. The molecule has 0 N–H and O–H groups in total. The summed E-state index contributed by atoms with van der Waals surface area (Å²) >= 11 is -0.617. The Balaban J connectivity index is 1.04. The molecule has 0 amide bonds. The maximum atomic E-state index is 6.85. The van der Waals surface area contributed by atoms with Crippen LogP contribution in [0.1, 0.15) is 52.7 Å². The third-order valence-corrected chi connectivity index (χ3v) is 15.1. The van der Waals surface area contributed by atoms with Crippen LogP contribution in [0.25, 0.3) is 22.3 Å². The van der Waals surface area contributed by atoms with Crippen LogP contribution in [0.5, 0.6) is 11.5 Å². The molecule has 10 rings (SSSR count). The van der Waals surface area contributed by atoms with Crippen LogP contribution >= 0.6 is 0 Å². The number of ether oxygens (including phenoxy) is 1. The minimum atomic E-state index is -0.617. The van der Waals surface area contributed by atoms with E-state index in [-0.39, 0.29) is 10.8 Å². The topological polar surface area (TPSA) is 31.8 Å². The van der Waals surface area contributed by atoms with Gasteiger partial charge < -0.3 is 0 Å². The quantitative estimate of drug-likeness (QED) is 0.149. The van der Waals surface area contributed by atoms with E-state index in [9.17, 15) is 0 Å². The summed E-state index contributed by atoms with van der Waals surface area (Å²) in [5, 5.41) is 0. The summed E-state index contributed by atoms with van der Waals surface area (Å²) in [5.74, 6) is 2.51. The summed E-state index contributed by atoms with van der Waals surface area (Å²) in [6, 6.07) is 63.6. The van der Waals surface area contributed by atoms with Gasteiger partial charge in [-0.15, -0.1) is 0 Å². The van der Waals surface area contributed by atoms with E-state index >= 15 is 0 Å². The molecule has 2 aliphatic rings. The van der Waals surface area contributed by atoms with E-state index in [1.807, 2.05) is 6.20 Å². The van der Waals surface area contributed by atoms with Gasteiger partial charge in [0.2, 0.25) is 0 Å². The zero-order valence-electron chi connectivity index (χ0n) is 36.1. The van der Waals surface area contributed by atoms with Crippen LogP contribution in [-0.4, -0.2) is 32.6 Å². The summed E-state index contributed by atoms with van der Waals surface area (Å²) in [6.45, 7) is 14.3. The van der Waals surface area contributed by atoms with Gasteiger partial charge in [0.05, 0.1) is 0 Å². The summed E-state index contributed by atoms with van der Waals surface area (Å²) in [4.78, 5) is 12.2. The Bertz CT molecular complexity index is 2880. The number of nitrogens with zero attached hydrogens (tertiary/aromatic N) is 4. The molecule has 0 radical (unpaired) electrons. The predicted octanol–water partition coefficient (Wildman–Crippen LogP) is 13.5. The molecule has 7 aromatic carbocycles. The normalized spacial score (nSPS) is 13.4. The van der Waals surface area contributed by atoms with Crippen LogP contribution < -0.4 is 26.7 Å². The molecule has 0 saturated carbocycles. The Hall–Kier alpha value is -6.32. The number of aromatic nitrogens is 1. The van der Waals surface area contributed by atoms with Crippen LogP contribution in [0, 0.1) is 0 Å². The Morgan fingerprint density at radius 1 is 0.484 bits per heavy atom. The summed E-state index contributed by atoms with van der Waals surface area (Å²) in [5.41, 5.74) is 14.2. The Morgan fingerprint density at radius 3 is 1.82 bits per heavy atom. The summed E-state index contributed by atoms with van der Waals surface area (Å²) in [6.07, 6.45) is 1.94. The van der Waals surface area contributed by atoms with Gasteiger partial charge in [-0.2, -0.15) is 0 Å². The van der Waals surface area contributed by atoms with Gasteiger partial charge in [0, 0.05) is 11.1 Å². The first-order valence-electron chi connectivity index (χ1n) is 21.4. The molecular formula is C56H50N4OTe. The van der Waals surface area contributed by atoms with Gasteiger partial charge in [0.15, 0.2) is 0 Å². The van der Waals surface area contributed by atoms with Gasteiger partial charge in [-0.1, -0.05) is 106 Å². The molecule has 0 saturated heterocycles. The van der Waals surface area contributed by atoms with Crippen molar-refractivity contribution in [3.8, 4) is 33.8 Å². The van der Waals surface area contributed by atoms with Crippen molar-refractivity contribution < 1.29 is 4.74 Å². The van der Waals surface area contributed by atoms with Gasteiger partial charge in [0.1, 0.15) is 0 Å². The number of fused-ring (bicyclic) bond motifs is 3. The van der Waals surface area contributed by atoms with E-state index in [0.29, 0.717) is 6.67 Å². The van der Waals surface area contributed by atoms with Crippen LogP contribution in [0.3, 0.4) is 0 Å². The fourth-order valence-corrected chi connectivity index (χ4v) is 11.5. The first kappa shape index (κ1) is 39.8. The maximum absolute atomic E-state index is 6.85. The molecule has 0 bridgehead atoms. The number of anilines is 7. The SMILES string of the molecule is CC(C)(C)c1ccnc(N2c3ccccc3[Te]c3ccc(Oc4cccc(N5CN(c6c(-c7ccccc7)cccc6-c6ccccc6)c6ccc(C(C)(C)C)cc65)c4)cc32)c1. The second-order valence-corrected chi connectivity index (χ2v) is 21.3. The molecule has 0 aliphatic carbocycles. The molecule has 0 fully saturated rings. The summed E-state index contributed by atoms with van der Waals surface area (Å²) < 4.78 is 9.63. The molecule has 6 heteroatoms. The van der Waals surface area contributed by atoms with Crippen molar-refractivity contribution in [2.45, 2.75) is 52.4 Å². The minimum absolute atomic E-state index is 0.00332. The van der Waals surface area contributed by atoms with Crippen molar-refractivity contribution in [2.75, 3.05) is 21.4 Å². The molecule has 0 unspecified atom stereocenters. The Morgan fingerprint density at radius 2 is 1.11 bits per heavy atom. The van der Waals surface area contributed by atoms with Crippen LogP contribution in [0.2, 0.25) is 0 Å². The number of benzene rings is 7. The fourth-order valence-electron chi connectivity index (χ4n) is 8.58. The molecule has 306 valence electrons. The van der Waals surface area contributed by atoms with Crippen molar-refractivity contribution in [1.82, 2.24) is 4.98 Å². The average Bonchev–Trinajstić information content (AvgIpc) is 3.67. The van der Waals surface area contributed by atoms with Crippen molar-refractivity contribution in [3.63, 3.8) is 0 Å². The van der Waals surface area contributed by atoms with Gasteiger partial charge in [-0.25, -0.2) is 0 Å². The molecular weight excluding hydrogens is 872 g/mol. The fraction of sp³-hybridized carbons (Fsp3) is 0.161. The molecule has 0 atom stereocenters. The van der Waals surface area contributed by atoms with E-state index in [1.165, 1.54) is 63.4 Å². The second-order valence-electron chi connectivity index (χ2n) is 18.2. The van der Waals surface area contributed by atoms with E-state index in [4.69, 9.17) is 9.72 Å². The molecule has 62 heavy (non-hydrogen) atoms. The Kier molecular flexibility index (Phi) is 10.2. The number of pyridine rings is 1. The van der Waals surface area contributed by atoms with Crippen LogP contribution in [0.15, 0.2) is 182 Å². The molecule has 0 spiro atoms.